The first-order chi connectivity index (χ1) is 16.0. The summed E-state index contributed by atoms with van der Waals surface area (Å²) in [5, 5.41) is 2.87. The van der Waals surface area contributed by atoms with Crippen LogP contribution in [0.2, 0.25) is 0 Å². The van der Waals surface area contributed by atoms with Crippen LogP contribution in [0.5, 0.6) is 0 Å². The van der Waals surface area contributed by atoms with Crippen LogP contribution in [0.3, 0.4) is 0 Å². The Balaban J connectivity index is 2.41. The molecule has 0 aliphatic carbocycles. The lowest BCUT2D eigenvalue weighted by Crippen LogP contribution is -2.52. The molecule has 0 aliphatic heterocycles. The molecule has 0 bridgehead atoms. The Labute approximate surface area is 202 Å². The van der Waals surface area contributed by atoms with E-state index in [1.165, 1.54) is 29.2 Å². The minimum atomic E-state index is -3.79. The Hall–Kier alpha value is -2.94. The number of anilines is 1. The number of carbonyl (C=O) groups is 2. The zero-order valence-corrected chi connectivity index (χ0v) is 21.2. The van der Waals surface area contributed by atoms with Gasteiger partial charge >= 0.3 is 0 Å². The van der Waals surface area contributed by atoms with Crippen molar-refractivity contribution in [3.63, 3.8) is 0 Å². The van der Waals surface area contributed by atoms with Crippen LogP contribution in [-0.4, -0.2) is 50.0 Å². The molecule has 2 aromatic rings. The number of sulfonamides is 1. The molecule has 0 unspecified atom stereocenters. The molecule has 0 fully saturated rings. The molecule has 0 aromatic heterocycles. The van der Waals surface area contributed by atoms with Crippen LogP contribution >= 0.6 is 0 Å². The molecule has 2 aromatic carbocycles. The molecule has 34 heavy (non-hydrogen) atoms. The normalized spacial score (nSPS) is 13.1. The average Bonchev–Trinajstić information content (AvgIpc) is 2.80. The van der Waals surface area contributed by atoms with E-state index in [1.807, 2.05) is 32.9 Å². The number of carbonyl (C=O) groups excluding carboxylic acids is 2. The molecule has 0 saturated heterocycles. The largest absolute Gasteiger partial charge is 0.352 e. The van der Waals surface area contributed by atoms with Gasteiger partial charge in [0.05, 0.1) is 11.9 Å². The molecule has 186 valence electrons. The molecular weight excluding hydrogens is 457 g/mol. The maximum absolute atomic E-state index is 13.5. The molecule has 1 N–H and O–H groups in total. The van der Waals surface area contributed by atoms with E-state index in [2.05, 4.69) is 5.32 Å². The van der Waals surface area contributed by atoms with Gasteiger partial charge in [-0.3, -0.25) is 13.9 Å². The van der Waals surface area contributed by atoms with Crippen LogP contribution in [0, 0.1) is 5.82 Å². The van der Waals surface area contributed by atoms with Crippen LogP contribution in [0.4, 0.5) is 10.1 Å². The maximum Gasteiger partial charge on any atom is 0.244 e. The summed E-state index contributed by atoms with van der Waals surface area (Å²) >= 11 is 0. The van der Waals surface area contributed by atoms with Gasteiger partial charge in [0.2, 0.25) is 21.8 Å². The van der Waals surface area contributed by atoms with Gasteiger partial charge in [0, 0.05) is 12.6 Å². The molecule has 7 nitrogen and oxygen atoms in total. The van der Waals surface area contributed by atoms with Crippen LogP contribution in [-0.2, 0) is 32.6 Å². The quantitative estimate of drug-likeness (QED) is 0.521. The van der Waals surface area contributed by atoms with Gasteiger partial charge in [-0.05, 0) is 56.0 Å². The lowest BCUT2D eigenvalue weighted by atomic mass is 10.1. The Morgan fingerprint density at radius 1 is 1.03 bits per heavy atom. The van der Waals surface area contributed by atoms with Gasteiger partial charge in [0.1, 0.15) is 18.4 Å². The zero-order chi connectivity index (χ0) is 25.5. The standard InChI is InChI=1S/C25H34FN3O4S/c1-6-18(3)27-25(31)19(4)28(16-20-12-14-22(26)15-13-20)24(30)17-29(34(5,32)33)23-11-9-8-10-21(23)7-2/h8-15,18-19H,6-7,16-17H2,1-5H3,(H,27,31)/t18-,19-/m1/s1. The molecule has 9 heteroatoms. The van der Waals surface area contributed by atoms with E-state index >= 15 is 0 Å². The predicted octanol–water partition coefficient (Wildman–Crippen LogP) is 3.49. The number of nitrogens with one attached hydrogen (secondary N) is 1. The van der Waals surface area contributed by atoms with Gasteiger partial charge in [-0.2, -0.15) is 0 Å². The number of halogens is 1. The summed E-state index contributed by atoms with van der Waals surface area (Å²) in [6, 6.07) is 11.7. The predicted molar refractivity (Wildman–Crippen MR) is 132 cm³/mol. The number of para-hydroxylation sites is 1. The molecule has 0 saturated carbocycles. The summed E-state index contributed by atoms with van der Waals surface area (Å²) in [5.41, 5.74) is 1.84. The monoisotopic (exact) mass is 491 g/mol. The summed E-state index contributed by atoms with van der Waals surface area (Å²) in [5.74, 6) is -1.29. The van der Waals surface area contributed by atoms with Gasteiger partial charge in [-0.25, -0.2) is 12.8 Å². The summed E-state index contributed by atoms with van der Waals surface area (Å²) in [4.78, 5) is 27.7. The fourth-order valence-electron chi connectivity index (χ4n) is 3.48. The number of aryl methyl sites for hydroxylation is 1. The third kappa shape index (κ3) is 7.28. The van der Waals surface area contributed by atoms with Crippen molar-refractivity contribution in [2.75, 3.05) is 17.1 Å². The molecule has 2 amide bonds. The Morgan fingerprint density at radius 3 is 2.21 bits per heavy atom. The third-order valence-electron chi connectivity index (χ3n) is 5.75. The molecule has 2 rings (SSSR count). The van der Waals surface area contributed by atoms with Gasteiger partial charge in [-0.15, -0.1) is 0 Å². The lowest BCUT2D eigenvalue weighted by Gasteiger charge is -2.32. The first-order valence-electron chi connectivity index (χ1n) is 11.4. The smallest absolute Gasteiger partial charge is 0.244 e. The topological polar surface area (TPSA) is 86.8 Å². The Bertz CT molecular complexity index is 1090. The van der Waals surface area contributed by atoms with E-state index in [1.54, 1.807) is 19.1 Å². The van der Waals surface area contributed by atoms with Crippen molar-refractivity contribution in [2.45, 2.75) is 59.2 Å². The molecule has 2 atom stereocenters. The summed E-state index contributed by atoms with van der Waals surface area (Å²) in [6.45, 7) is 6.88. The molecule has 0 aliphatic rings. The Morgan fingerprint density at radius 2 is 1.65 bits per heavy atom. The van der Waals surface area contributed by atoms with Crippen LogP contribution in [0.25, 0.3) is 0 Å². The Kier molecular flexibility index (Phi) is 9.61. The lowest BCUT2D eigenvalue weighted by molar-refractivity contribution is -0.139. The highest BCUT2D eigenvalue weighted by atomic mass is 32.2. The highest BCUT2D eigenvalue weighted by molar-refractivity contribution is 7.92. The SMILES string of the molecule is CCc1ccccc1N(CC(=O)N(Cc1ccc(F)cc1)[C@H](C)C(=O)N[C@H](C)CC)S(C)(=O)=O. The van der Waals surface area contributed by atoms with Crippen molar-refractivity contribution in [3.8, 4) is 0 Å². The van der Waals surface area contributed by atoms with E-state index in [0.717, 1.165) is 22.5 Å². The summed E-state index contributed by atoms with van der Waals surface area (Å²) in [7, 11) is -3.79. The summed E-state index contributed by atoms with van der Waals surface area (Å²) < 4.78 is 39.8. The molecule has 0 heterocycles. The van der Waals surface area contributed by atoms with E-state index in [9.17, 15) is 22.4 Å². The van der Waals surface area contributed by atoms with Gasteiger partial charge in [0.25, 0.3) is 0 Å². The van der Waals surface area contributed by atoms with Crippen molar-refractivity contribution in [3.05, 3.63) is 65.5 Å². The number of hydrogen-bond donors (Lipinski definition) is 1. The van der Waals surface area contributed by atoms with Gasteiger partial charge in [-0.1, -0.05) is 44.2 Å². The minimum absolute atomic E-state index is 0.0290. The number of benzene rings is 2. The van der Waals surface area contributed by atoms with E-state index in [4.69, 9.17) is 0 Å². The van der Waals surface area contributed by atoms with Crippen LogP contribution < -0.4 is 9.62 Å². The number of amides is 2. The van der Waals surface area contributed by atoms with Crippen molar-refractivity contribution >= 4 is 27.5 Å². The second-order valence-electron chi connectivity index (χ2n) is 8.39. The summed E-state index contributed by atoms with van der Waals surface area (Å²) in [6.07, 6.45) is 2.36. The first kappa shape index (κ1) is 27.3. The molecule has 0 spiro atoms. The second-order valence-corrected chi connectivity index (χ2v) is 10.3. The minimum Gasteiger partial charge on any atom is -0.352 e. The van der Waals surface area contributed by atoms with Crippen LogP contribution in [0.1, 0.15) is 45.2 Å². The van der Waals surface area contributed by atoms with Crippen molar-refractivity contribution in [1.82, 2.24) is 10.2 Å². The highest BCUT2D eigenvalue weighted by Gasteiger charge is 2.31. The van der Waals surface area contributed by atoms with Crippen molar-refractivity contribution in [1.29, 1.82) is 0 Å². The van der Waals surface area contributed by atoms with Crippen molar-refractivity contribution in [2.24, 2.45) is 0 Å². The fourth-order valence-corrected chi connectivity index (χ4v) is 4.36. The molecular formula is C25H34FN3O4S. The van der Waals surface area contributed by atoms with E-state index < -0.39 is 34.3 Å². The third-order valence-corrected chi connectivity index (χ3v) is 6.88. The van der Waals surface area contributed by atoms with E-state index in [-0.39, 0.29) is 18.5 Å². The molecule has 0 radical (unpaired) electrons. The maximum atomic E-state index is 13.5. The number of hydrogen-bond acceptors (Lipinski definition) is 4. The van der Waals surface area contributed by atoms with Crippen molar-refractivity contribution < 1.29 is 22.4 Å². The van der Waals surface area contributed by atoms with E-state index in [0.29, 0.717) is 17.7 Å². The number of rotatable bonds is 11. The average molecular weight is 492 g/mol. The number of nitrogens with zero attached hydrogens (tertiary/aromatic N) is 2. The fraction of sp³-hybridized carbons (Fsp3) is 0.440. The zero-order valence-electron chi connectivity index (χ0n) is 20.4. The second kappa shape index (κ2) is 12.0. The van der Waals surface area contributed by atoms with Gasteiger partial charge in [0.15, 0.2) is 0 Å². The highest BCUT2D eigenvalue weighted by Crippen LogP contribution is 2.24. The first-order valence-corrected chi connectivity index (χ1v) is 13.2. The van der Waals surface area contributed by atoms with Gasteiger partial charge < -0.3 is 10.2 Å². The van der Waals surface area contributed by atoms with Crippen LogP contribution in [0.15, 0.2) is 48.5 Å².